The summed E-state index contributed by atoms with van der Waals surface area (Å²) in [5.41, 5.74) is 1.25. The molecule has 3 rings (SSSR count). The van der Waals surface area contributed by atoms with Crippen LogP contribution in [0.4, 0.5) is 0 Å². The zero-order valence-electron chi connectivity index (χ0n) is 9.53. The highest BCUT2D eigenvalue weighted by Gasteiger charge is 2.27. The van der Waals surface area contributed by atoms with Crippen molar-refractivity contribution < 1.29 is 9.47 Å². The lowest BCUT2D eigenvalue weighted by Crippen LogP contribution is -2.24. The molecule has 92 valence electrons. The largest absolute Gasteiger partial charge is 0.454 e. The fourth-order valence-electron chi connectivity index (χ4n) is 2.09. The molecule has 0 aromatic heterocycles. The third-order valence-corrected chi connectivity index (χ3v) is 5.02. The fourth-order valence-corrected chi connectivity index (χ4v) is 4.04. The van der Waals surface area contributed by atoms with Crippen LogP contribution < -0.4 is 14.8 Å². The van der Waals surface area contributed by atoms with Gasteiger partial charge in [-0.1, -0.05) is 6.92 Å². The first-order valence-corrected chi connectivity index (χ1v) is 7.59. The number of halogens is 1. The van der Waals surface area contributed by atoms with Gasteiger partial charge < -0.3 is 9.47 Å². The molecule has 5 heteroatoms. The van der Waals surface area contributed by atoms with E-state index >= 15 is 0 Å². The first-order chi connectivity index (χ1) is 8.28. The van der Waals surface area contributed by atoms with Crippen molar-refractivity contribution in [3.63, 3.8) is 0 Å². The molecule has 0 radical (unpaired) electrons. The molecule has 1 saturated heterocycles. The minimum atomic E-state index is 0.320. The molecule has 1 fully saturated rings. The average Bonchev–Trinajstić information content (AvgIpc) is 2.97. The highest BCUT2D eigenvalue weighted by Crippen LogP contribution is 2.44. The summed E-state index contributed by atoms with van der Waals surface area (Å²) in [6, 6.07) is 4.82. The number of ether oxygens (including phenoxy) is 2. The van der Waals surface area contributed by atoms with Crippen LogP contribution in [0, 0.1) is 0 Å². The van der Waals surface area contributed by atoms with Crippen LogP contribution in [0.2, 0.25) is 0 Å². The Morgan fingerprint density at radius 2 is 2.35 bits per heavy atom. The van der Waals surface area contributed by atoms with Crippen LogP contribution in [0.15, 0.2) is 16.6 Å². The zero-order valence-corrected chi connectivity index (χ0v) is 11.9. The number of hydrogen-bond acceptors (Lipinski definition) is 4. The van der Waals surface area contributed by atoms with Gasteiger partial charge in [0.15, 0.2) is 11.5 Å². The summed E-state index contributed by atoms with van der Waals surface area (Å²) in [6.45, 7) is 2.54. The van der Waals surface area contributed by atoms with E-state index in [1.807, 2.05) is 11.8 Å². The summed E-state index contributed by atoms with van der Waals surface area (Å²) in [4.78, 5) is 0. The second-order valence-electron chi connectivity index (χ2n) is 4.22. The summed E-state index contributed by atoms with van der Waals surface area (Å²) in [5, 5.41) is 3.99. The molecule has 2 aliphatic rings. The van der Waals surface area contributed by atoms with E-state index in [-0.39, 0.29) is 0 Å². The third kappa shape index (κ3) is 2.16. The third-order valence-electron chi connectivity index (χ3n) is 3.10. The number of fused-ring (bicyclic) bond motifs is 1. The van der Waals surface area contributed by atoms with Crippen molar-refractivity contribution in [3.8, 4) is 11.5 Å². The normalized spacial score (nSPS) is 26.5. The SMILES string of the molecule is CCC1CSC(c2cc(Br)c3c(c2)OCO3)N1. The Labute approximate surface area is 113 Å². The van der Waals surface area contributed by atoms with E-state index in [1.165, 1.54) is 17.7 Å². The molecule has 2 atom stereocenters. The average molecular weight is 316 g/mol. The molecule has 2 aliphatic heterocycles. The van der Waals surface area contributed by atoms with Gasteiger partial charge in [0.05, 0.1) is 9.85 Å². The molecule has 1 aromatic carbocycles. The molecule has 0 amide bonds. The molecule has 1 N–H and O–H groups in total. The number of rotatable bonds is 2. The van der Waals surface area contributed by atoms with Gasteiger partial charge in [-0.3, -0.25) is 5.32 Å². The van der Waals surface area contributed by atoms with Crippen LogP contribution in [-0.4, -0.2) is 18.6 Å². The van der Waals surface area contributed by atoms with Crippen LogP contribution >= 0.6 is 27.7 Å². The molecule has 3 nitrogen and oxygen atoms in total. The van der Waals surface area contributed by atoms with Gasteiger partial charge in [-0.25, -0.2) is 0 Å². The zero-order chi connectivity index (χ0) is 11.8. The molecular weight excluding hydrogens is 302 g/mol. The van der Waals surface area contributed by atoms with Gasteiger partial charge in [-0.15, -0.1) is 11.8 Å². The maximum Gasteiger partial charge on any atom is 0.231 e. The van der Waals surface area contributed by atoms with Crippen molar-refractivity contribution >= 4 is 27.7 Å². The predicted molar refractivity (Wildman–Crippen MR) is 72.7 cm³/mol. The molecular formula is C12H14BrNO2S. The van der Waals surface area contributed by atoms with Crippen LogP contribution in [0.25, 0.3) is 0 Å². The van der Waals surface area contributed by atoms with Crippen LogP contribution in [-0.2, 0) is 0 Å². The summed E-state index contributed by atoms with van der Waals surface area (Å²) in [5.74, 6) is 2.84. The summed E-state index contributed by atoms with van der Waals surface area (Å²) < 4.78 is 11.8. The van der Waals surface area contributed by atoms with Gasteiger partial charge in [0.1, 0.15) is 0 Å². The van der Waals surface area contributed by atoms with Crippen molar-refractivity contribution in [2.75, 3.05) is 12.5 Å². The quantitative estimate of drug-likeness (QED) is 0.907. The summed E-state index contributed by atoms with van der Waals surface area (Å²) >= 11 is 5.49. The van der Waals surface area contributed by atoms with E-state index in [2.05, 4.69) is 40.3 Å². The number of thioether (sulfide) groups is 1. The van der Waals surface area contributed by atoms with E-state index in [4.69, 9.17) is 9.47 Å². The number of nitrogens with one attached hydrogen (secondary N) is 1. The Bertz CT molecular complexity index is 441. The van der Waals surface area contributed by atoms with E-state index in [1.54, 1.807) is 0 Å². The molecule has 0 saturated carbocycles. The van der Waals surface area contributed by atoms with Crippen molar-refractivity contribution in [1.29, 1.82) is 0 Å². The minimum Gasteiger partial charge on any atom is -0.454 e. The molecule has 0 bridgehead atoms. The Morgan fingerprint density at radius 1 is 1.47 bits per heavy atom. The lowest BCUT2D eigenvalue weighted by Gasteiger charge is -2.13. The van der Waals surface area contributed by atoms with Crippen molar-refractivity contribution in [2.24, 2.45) is 0 Å². The van der Waals surface area contributed by atoms with Crippen molar-refractivity contribution in [3.05, 3.63) is 22.2 Å². The van der Waals surface area contributed by atoms with Crippen molar-refractivity contribution in [2.45, 2.75) is 24.8 Å². The smallest absolute Gasteiger partial charge is 0.231 e. The van der Waals surface area contributed by atoms with Gasteiger partial charge in [-0.2, -0.15) is 0 Å². The molecule has 2 heterocycles. The molecule has 2 unspecified atom stereocenters. The van der Waals surface area contributed by atoms with E-state index in [0.717, 1.165) is 16.0 Å². The Balaban J connectivity index is 1.87. The fraction of sp³-hybridized carbons (Fsp3) is 0.500. The minimum absolute atomic E-state index is 0.320. The van der Waals surface area contributed by atoms with Crippen molar-refractivity contribution in [1.82, 2.24) is 5.32 Å². The number of hydrogen-bond donors (Lipinski definition) is 1. The maximum absolute atomic E-state index is 5.44. The number of benzene rings is 1. The lowest BCUT2D eigenvalue weighted by atomic mass is 10.2. The Morgan fingerprint density at radius 3 is 3.12 bits per heavy atom. The van der Waals surface area contributed by atoms with E-state index in [0.29, 0.717) is 18.2 Å². The maximum atomic E-state index is 5.44. The van der Waals surface area contributed by atoms with Gasteiger partial charge in [0.25, 0.3) is 0 Å². The van der Waals surface area contributed by atoms with E-state index < -0.39 is 0 Å². The first kappa shape index (κ1) is 11.7. The second-order valence-corrected chi connectivity index (χ2v) is 6.21. The van der Waals surface area contributed by atoms with Crippen LogP contribution in [0.1, 0.15) is 24.3 Å². The standard InChI is InChI=1S/C12H14BrNO2S/c1-2-8-5-17-12(14-8)7-3-9(13)11-10(4-7)15-6-16-11/h3-4,8,12,14H,2,5-6H2,1H3. The van der Waals surface area contributed by atoms with Crippen LogP contribution in [0.3, 0.4) is 0 Å². The van der Waals surface area contributed by atoms with Gasteiger partial charge >= 0.3 is 0 Å². The van der Waals surface area contributed by atoms with Crippen LogP contribution in [0.5, 0.6) is 11.5 Å². The predicted octanol–water partition coefficient (Wildman–Crippen LogP) is 3.29. The molecule has 0 spiro atoms. The molecule has 0 aliphatic carbocycles. The molecule has 1 aromatic rings. The summed E-state index contributed by atoms with van der Waals surface area (Å²) in [6.07, 6.45) is 1.18. The topological polar surface area (TPSA) is 30.5 Å². The summed E-state index contributed by atoms with van der Waals surface area (Å²) in [7, 11) is 0. The van der Waals surface area contributed by atoms with E-state index in [9.17, 15) is 0 Å². The second kappa shape index (κ2) is 4.71. The van der Waals surface area contributed by atoms with Gasteiger partial charge in [0.2, 0.25) is 6.79 Å². The Hall–Kier alpha value is -0.390. The lowest BCUT2D eigenvalue weighted by molar-refractivity contribution is 0.173. The highest BCUT2D eigenvalue weighted by molar-refractivity contribution is 9.10. The first-order valence-electron chi connectivity index (χ1n) is 5.74. The molecule has 17 heavy (non-hydrogen) atoms. The monoisotopic (exact) mass is 315 g/mol. The van der Waals surface area contributed by atoms with Gasteiger partial charge in [-0.05, 0) is 40.0 Å². The Kier molecular flexibility index (Phi) is 3.23. The highest BCUT2D eigenvalue weighted by atomic mass is 79.9. The van der Waals surface area contributed by atoms with Gasteiger partial charge in [0, 0.05) is 11.8 Å².